The molecule has 2 rings (SSSR count). The van der Waals surface area contributed by atoms with Crippen molar-refractivity contribution in [2.75, 3.05) is 5.32 Å². The molecule has 2 aromatic rings. The second kappa shape index (κ2) is 6.17. The summed E-state index contributed by atoms with van der Waals surface area (Å²) in [5, 5.41) is 2.73. The fourth-order valence-corrected chi connectivity index (χ4v) is 2.22. The lowest BCUT2D eigenvalue weighted by atomic mass is 10.2. The number of alkyl halides is 2. The Morgan fingerprint density at radius 3 is 2.80 bits per heavy atom. The Labute approximate surface area is 123 Å². The third-order valence-electron chi connectivity index (χ3n) is 2.91. The molecule has 0 saturated heterocycles. The Morgan fingerprint density at radius 2 is 2.10 bits per heavy atom. The monoisotopic (exact) mass is 342 g/mol. The van der Waals surface area contributed by atoms with Gasteiger partial charge in [-0.25, -0.2) is 8.78 Å². The van der Waals surface area contributed by atoms with Gasteiger partial charge in [0.1, 0.15) is 5.69 Å². The average Bonchev–Trinajstić information content (AvgIpc) is 2.82. The first-order chi connectivity index (χ1) is 9.49. The number of benzene rings is 1. The van der Waals surface area contributed by atoms with Crippen LogP contribution in [-0.2, 0) is 6.54 Å². The van der Waals surface area contributed by atoms with E-state index in [1.165, 1.54) is 16.8 Å². The summed E-state index contributed by atoms with van der Waals surface area (Å²) in [6.07, 6.45) is -1.03. The predicted octanol–water partition coefficient (Wildman–Crippen LogP) is 4.08. The number of rotatable bonds is 4. The van der Waals surface area contributed by atoms with Gasteiger partial charge in [-0.2, -0.15) is 0 Å². The molecule has 1 aromatic heterocycles. The molecular weight excluding hydrogens is 330 g/mol. The van der Waals surface area contributed by atoms with Gasteiger partial charge in [0.15, 0.2) is 0 Å². The second-order valence-electron chi connectivity index (χ2n) is 4.30. The zero-order chi connectivity index (χ0) is 14.7. The molecule has 6 heteroatoms. The Hall–Kier alpha value is -1.69. The van der Waals surface area contributed by atoms with Crippen LogP contribution in [0.2, 0.25) is 0 Å². The quantitative estimate of drug-likeness (QED) is 0.892. The molecule has 1 N–H and O–H groups in total. The van der Waals surface area contributed by atoms with Crippen LogP contribution in [0.15, 0.2) is 41.0 Å². The normalized spacial score (nSPS) is 10.8. The van der Waals surface area contributed by atoms with E-state index in [9.17, 15) is 13.6 Å². The Morgan fingerprint density at radius 1 is 1.35 bits per heavy atom. The van der Waals surface area contributed by atoms with Gasteiger partial charge in [-0.15, -0.1) is 0 Å². The maximum absolute atomic E-state index is 12.4. The van der Waals surface area contributed by atoms with Gasteiger partial charge >= 0.3 is 0 Å². The zero-order valence-corrected chi connectivity index (χ0v) is 12.3. The Kier molecular flexibility index (Phi) is 4.54. The number of anilines is 1. The van der Waals surface area contributed by atoms with Crippen molar-refractivity contribution in [1.82, 2.24) is 4.57 Å². The third-order valence-corrected chi connectivity index (χ3v) is 3.77. The highest BCUT2D eigenvalue weighted by atomic mass is 79.9. The molecule has 0 fully saturated rings. The maximum Gasteiger partial charge on any atom is 0.272 e. The molecule has 1 aromatic carbocycles. The molecular formula is C14H13BrF2N2O. The van der Waals surface area contributed by atoms with E-state index in [2.05, 4.69) is 21.2 Å². The fraction of sp³-hybridized carbons (Fsp3) is 0.214. The summed E-state index contributed by atoms with van der Waals surface area (Å²) in [6.45, 7) is 1.37. The molecule has 0 bridgehead atoms. The minimum atomic E-state index is -2.50. The summed E-state index contributed by atoms with van der Waals surface area (Å²) in [4.78, 5) is 12.1. The number of amides is 1. The smallest absolute Gasteiger partial charge is 0.272 e. The van der Waals surface area contributed by atoms with E-state index in [1.54, 1.807) is 18.2 Å². The van der Waals surface area contributed by atoms with Crippen LogP contribution in [0, 0.1) is 6.92 Å². The zero-order valence-electron chi connectivity index (χ0n) is 10.7. The van der Waals surface area contributed by atoms with Crippen molar-refractivity contribution in [2.45, 2.75) is 19.9 Å². The molecule has 0 spiro atoms. The van der Waals surface area contributed by atoms with Crippen LogP contribution in [0.4, 0.5) is 14.5 Å². The lowest BCUT2D eigenvalue weighted by Gasteiger charge is -2.11. The molecule has 0 atom stereocenters. The second-order valence-corrected chi connectivity index (χ2v) is 5.16. The van der Waals surface area contributed by atoms with Crippen LogP contribution in [0.3, 0.4) is 0 Å². The van der Waals surface area contributed by atoms with Crippen LogP contribution in [0.5, 0.6) is 0 Å². The highest BCUT2D eigenvalue weighted by Gasteiger charge is 2.15. The Bertz CT molecular complexity index is 625. The molecule has 0 aliphatic carbocycles. The van der Waals surface area contributed by atoms with Crippen molar-refractivity contribution in [3.8, 4) is 0 Å². The number of carbonyl (C=O) groups is 1. The molecule has 1 amide bonds. The first-order valence-corrected chi connectivity index (χ1v) is 6.78. The number of hydrogen-bond donors (Lipinski definition) is 1. The maximum atomic E-state index is 12.4. The third kappa shape index (κ3) is 3.25. The van der Waals surface area contributed by atoms with E-state index in [1.807, 2.05) is 13.0 Å². The largest absolute Gasteiger partial charge is 0.338 e. The van der Waals surface area contributed by atoms with Crippen LogP contribution in [0.25, 0.3) is 0 Å². The van der Waals surface area contributed by atoms with Gasteiger partial charge in [-0.3, -0.25) is 4.79 Å². The van der Waals surface area contributed by atoms with E-state index in [0.717, 1.165) is 10.0 Å². The number of nitrogens with zero attached hydrogens (tertiary/aromatic N) is 1. The predicted molar refractivity (Wildman–Crippen MR) is 77.3 cm³/mol. The number of aromatic nitrogens is 1. The molecule has 1 heterocycles. The van der Waals surface area contributed by atoms with Crippen molar-refractivity contribution in [2.24, 2.45) is 0 Å². The van der Waals surface area contributed by atoms with Crippen LogP contribution >= 0.6 is 15.9 Å². The van der Waals surface area contributed by atoms with Gasteiger partial charge < -0.3 is 9.88 Å². The van der Waals surface area contributed by atoms with Crippen molar-refractivity contribution in [1.29, 1.82) is 0 Å². The SMILES string of the molecule is Cc1c(Br)cccc1NC(=O)c1cccn1CC(F)F. The van der Waals surface area contributed by atoms with E-state index in [0.29, 0.717) is 5.69 Å². The molecule has 0 aliphatic heterocycles. The van der Waals surface area contributed by atoms with E-state index in [4.69, 9.17) is 0 Å². The van der Waals surface area contributed by atoms with E-state index < -0.39 is 18.9 Å². The van der Waals surface area contributed by atoms with Crippen LogP contribution < -0.4 is 5.32 Å². The summed E-state index contributed by atoms with van der Waals surface area (Å²) in [7, 11) is 0. The highest BCUT2D eigenvalue weighted by Crippen LogP contribution is 2.24. The summed E-state index contributed by atoms with van der Waals surface area (Å²) < 4.78 is 27.0. The molecule has 3 nitrogen and oxygen atoms in total. The van der Waals surface area contributed by atoms with Crippen molar-refractivity contribution < 1.29 is 13.6 Å². The topological polar surface area (TPSA) is 34.0 Å². The molecule has 0 radical (unpaired) electrons. The lowest BCUT2D eigenvalue weighted by molar-refractivity contribution is 0.0997. The molecule has 106 valence electrons. The van der Waals surface area contributed by atoms with Gasteiger partial charge in [0.25, 0.3) is 12.3 Å². The molecule has 0 aliphatic rings. The van der Waals surface area contributed by atoms with Crippen molar-refractivity contribution in [3.63, 3.8) is 0 Å². The molecule has 0 unspecified atom stereocenters. The average molecular weight is 343 g/mol. The molecule has 0 saturated carbocycles. The summed E-state index contributed by atoms with van der Waals surface area (Å²) in [5.41, 5.74) is 1.74. The van der Waals surface area contributed by atoms with Crippen molar-refractivity contribution >= 4 is 27.5 Å². The minimum Gasteiger partial charge on any atom is -0.338 e. The van der Waals surface area contributed by atoms with E-state index >= 15 is 0 Å². The van der Waals surface area contributed by atoms with Gasteiger partial charge in [0, 0.05) is 16.4 Å². The fourth-order valence-electron chi connectivity index (χ4n) is 1.86. The van der Waals surface area contributed by atoms with Gasteiger partial charge in [-0.1, -0.05) is 22.0 Å². The van der Waals surface area contributed by atoms with Crippen LogP contribution in [0.1, 0.15) is 16.1 Å². The van der Waals surface area contributed by atoms with Gasteiger partial charge in [0.2, 0.25) is 0 Å². The number of halogens is 3. The van der Waals surface area contributed by atoms with Crippen LogP contribution in [-0.4, -0.2) is 16.9 Å². The number of carbonyl (C=O) groups excluding carboxylic acids is 1. The Balaban J connectivity index is 2.20. The van der Waals surface area contributed by atoms with Gasteiger partial charge in [-0.05, 0) is 36.8 Å². The first kappa shape index (κ1) is 14.7. The van der Waals surface area contributed by atoms with E-state index in [-0.39, 0.29) is 5.69 Å². The number of hydrogen-bond acceptors (Lipinski definition) is 1. The molecule has 20 heavy (non-hydrogen) atoms. The summed E-state index contributed by atoms with van der Waals surface area (Å²) in [5.74, 6) is -0.406. The first-order valence-electron chi connectivity index (χ1n) is 5.99. The standard InChI is InChI=1S/C14H13BrF2N2O/c1-9-10(15)4-2-5-11(9)18-14(20)12-6-3-7-19(12)8-13(16)17/h2-7,13H,8H2,1H3,(H,18,20). The van der Waals surface area contributed by atoms with Gasteiger partial charge in [0.05, 0.1) is 6.54 Å². The summed E-state index contributed by atoms with van der Waals surface area (Å²) >= 11 is 3.38. The number of nitrogens with one attached hydrogen (secondary N) is 1. The van der Waals surface area contributed by atoms with Crippen molar-refractivity contribution in [3.05, 3.63) is 52.3 Å². The minimum absolute atomic E-state index is 0.213. The summed E-state index contributed by atoms with van der Waals surface area (Å²) in [6, 6.07) is 8.52. The lowest BCUT2D eigenvalue weighted by Crippen LogP contribution is -2.19. The highest BCUT2D eigenvalue weighted by molar-refractivity contribution is 9.10.